The second kappa shape index (κ2) is 7.89. The van der Waals surface area contributed by atoms with Gasteiger partial charge in [0.2, 0.25) is 0 Å². The van der Waals surface area contributed by atoms with Crippen LogP contribution in [0.3, 0.4) is 0 Å². The first-order valence-corrected chi connectivity index (χ1v) is 10.9. The van der Waals surface area contributed by atoms with Gasteiger partial charge in [-0.05, 0) is 37.0 Å². The van der Waals surface area contributed by atoms with Crippen LogP contribution in [-0.4, -0.2) is 23.3 Å². The monoisotopic (exact) mass is 436 g/mol. The van der Waals surface area contributed by atoms with Gasteiger partial charge in [-0.1, -0.05) is 19.3 Å². The van der Waals surface area contributed by atoms with Crippen LogP contribution in [0.4, 0.5) is 0 Å². The van der Waals surface area contributed by atoms with Crippen molar-refractivity contribution in [1.82, 2.24) is 0 Å². The summed E-state index contributed by atoms with van der Waals surface area (Å²) in [4.78, 5) is 25.4. The number of esters is 1. The molecule has 2 aromatic carbocycles. The Labute approximate surface area is 184 Å². The van der Waals surface area contributed by atoms with E-state index in [4.69, 9.17) is 13.9 Å². The van der Waals surface area contributed by atoms with E-state index in [1.165, 1.54) is 31.7 Å². The van der Waals surface area contributed by atoms with Crippen molar-refractivity contribution in [2.45, 2.75) is 44.4 Å². The second-order valence-corrected chi connectivity index (χ2v) is 8.56. The van der Waals surface area contributed by atoms with Gasteiger partial charge < -0.3 is 24.1 Å². The normalized spacial score (nSPS) is 18.9. The number of rotatable bonds is 3. The van der Waals surface area contributed by atoms with Crippen molar-refractivity contribution in [3.63, 3.8) is 0 Å². The maximum Gasteiger partial charge on any atom is 0.311 e. The summed E-state index contributed by atoms with van der Waals surface area (Å²) in [6, 6.07) is 7.35. The first-order chi connectivity index (χ1) is 15.5. The van der Waals surface area contributed by atoms with Crippen LogP contribution in [0.1, 0.15) is 50.0 Å². The van der Waals surface area contributed by atoms with Crippen LogP contribution in [-0.2, 0) is 4.79 Å². The lowest BCUT2D eigenvalue weighted by molar-refractivity contribution is -0.136. The molecule has 1 fully saturated rings. The molecule has 0 saturated heterocycles. The Bertz CT molecular complexity index is 1270. The summed E-state index contributed by atoms with van der Waals surface area (Å²) in [5, 5.41) is 20.8. The van der Waals surface area contributed by atoms with Crippen LogP contribution in [0.15, 0.2) is 39.5 Å². The van der Waals surface area contributed by atoms with Crippen LogP contribution in [0.25, 0.3) is 22.3 Å². The lowest BCUT2D eigenvalue weighted by atomic mass is 9.74. The predicted molar refractivity (Wildman–Crippen MR) is 117 cm³/mol. The summed E-state index contributed by atoms with van der Waals surface area (Å²) >= 11 is 0. The Morgan fingerprint density at radius 3 is 2.50 bits per heavy atom. The fourth-order valence-electron chi connectivity index (χ4n) is 5.12. The molecule has 2 N–H and O–H groups in total. The number of hydrogen-bond donors (Lipinski definition) is 2. The largest absolute Gasteiger partial charge is 0.507 e. The summed E-state index contributed by atoms with van der Waals surface area (Å²) in [5.41, 5.74) is 0.986. The Balaban J connectivity index is 1.74. The third-order valence-corrected chi connectivity index (χ3v) is 6.65. The van der Waals surface area contributed by atoms with Crippen molar-refractivity contribution < 1.29 is 28.9 Å². The zero-order valence-corrected chi connectivity index (χ0v) is 17.7. The van der Waals surface area contributed by atoms with Crippen molar-refractivity contribution in [3.05, 3.63) is 46.1 Å². The van der Waals surface area contributed by atoms with Crippen LogP contribution in [0.2, 0.25) is 0 Å². The van der Waals surface area contributed by atoms with E-state index in [0.717, 1.165) is 25.7 Å². The topological polar surface area (TPSA) is 106 Å². The van der Waals surface area contributed by atoms with Crippen molar-refractivity contribution in [1.29, 1.82) is 0 Å². The molecular formula is C25H24O7. The highest BCUT2D eigenvalue weighted by atomic mass is 16.5. The molecule has 1 atom stereocenters. The molecule has 1 aliphatic heterocycles. The van der Waals surface area contributed by atoms with Gasteiger partial charge in [-0.25, -0.2) is 0 Å². The highest BCUT2D eigenvalue weighted by Gasteiger charge is 2.37. The molecule has 0 bridgehead atoms. The number of carbonyl (C=O) groups is 1. The van der Waals surface area contributed by atoms with E-state index in [2.05, 4.69) is 0 Å². The minimum Gasteiger partial charge on any atom is -0.507 e. The molecule has 3 aromatic rings. The lowest BCUT2D eigenvalue weighted by Crippen LogP contribution is -2.27. The highest BCUT2D eigenvalue weighted by molar-refractivity contribution is 5.92. The second-order valence-electron chi connectivity index (χ2n) is 8.56. The zero-order chi connectivity index (χ0) is 22.4. The van der Waals surface area contributed by atoms with Crippen molar-refractivity contribution in [2.24, 2.45) is 5.92 Å². The molecule has 7 nitrogen and oxygen atoms in total. The molecule has 7 heteroatoms. The fourth-order valence-corrected chi connectivity index (χ4v) is 5.12. The molecule has 1 saturated carbocycles. The van der Waals surface area contributed by atoms with Crippen molar-refractivity contribution in [2.75, 3.05) is 7.11 Å². The fraction of sp³-hybridized carbons (Fsp3) is 0.360. The zero-order valence-electron chi connectivity index (χ0n) is 17.7. The predicted octanol–water partition coefficient (Wildman–Crippen LogP) is 4.85. The summed E-state index contributed by atoms with van der Waals surface area (Å²) in [7, 11) is 1.45. The third kappa shape index (κ3) is 3.38. The molecule has 5 rings (SSSR count). The number of methoxy groups -OCH3 is 1. The van der Waals surface area contributed by atoms with Gasteiger partial charge in [0.05, 0.1) is 13.5 Å². The molecule has 2 aliphatic rings. The summed E-state index contributed by atoms with van der Waals surface area (Å²) in [5.74, 6) is 0.224. The first-order valence-electron chi connectivity index (χ1n) is 10.9. The molecule has 0 radical (unpaired) electrons. The SMILES string of the molecule is COc1ccc(-c2cc(=O)c3c(O)cc4c(c3o2)[C@@H](C2CCCCC2)CC(=O)O4)cc1O. The van der Waals surface area contributed by atoms with E-state index in [9.17, 15) is 19.8 Å². The number of hydrogen-bond acceptors (Lipinski definition) is 7. The quantitative estimate of drug-likeness (QED) is 0.446. The average Bonchev–Trinajstić information content (AvgIpc) is 2.78. The standard InChI is InChI=1S/C25H24O7/c1-30-19-8-7-14(9-16(19)26)20-11-17(27)24-18(28)12-21-23(25(24)32-20)15(10-22(29)31-21)13-5-3-2-4-6-13/h7-9,11-13,15,26,28H,2-6,10H2,1H3/t15-/m1/s1. The van der Waals surface area contributed by atoms with Gasteiger partial charge in [-0.15, -0.1) is 0 Å². The smallest absolute Gasteiger partial charge is 0.311 e. The van der Waals surface area contributed by atoms with E-state index in [1.54, 1.807) is 12.1 Å². The molecule has 1 aromatic heterocycles. The first kappa shape index (κ1) is 20.4. The maximum atomic E-state index is 13.0. The molecular weight excluding hydrogens is 412 g/mol. The van der Waals surface area contributed by atoms with Crippen LogP contribution in [0.5, 0.6) is 23.0 Å². The van der Waals surface area contributed by atoms with E-state index >= 15 is 0 Å². The van der Waals surface area contributed by atoms with E-state index in [-0.39, 0.29) is 58.2 Å². The van der Waals surface area contributed by atoms with Gasteiger partial charge in [0.25, 0.3) is 0 Å². The molecule has 0 unspecified atom stereocenters. The minimum absolute atomic E-state index is 0.0731. The molecule has 32 heavy (non-hydrogen) atoms. The third-order valence-electron chi connectivity index (χ3n) is 6.65. The Morgan fingerprint density at radius 2 is 1.78 bits per heavy atom. The minimum atomic E-state index is -0.406. The Morgan fingerprint density at radius 1 is 1.00 bits per heavy atom. The number of aromatic hydroxyl groups is 2. The van der Waals surface area contributed by atoms with Gasteiger partial charge >= 0.3 is 5.97 Å². The van der Waals surface area contributed by atoms with Gasteiger partial charge in [-0.3, -0.25) is 9.59 Å². The number of ether oxygens (including phenoxy) is 2. The summed E-state index contributed by atoms with van der Waals surface area (Å²) < 4.78 is 16.7. The van der Waals surface area contributed by atoms with Gasteiger partial charge in [0, 0.05) is 29.2 Å². The molecule has 166 valence electrons. The molecule has 0 spiro atoms. The molecule has 1 aliphatic carbocycles. The van der Waals surface area contributed by atoms with Gasteiger partial charge in [0.1, 0.15) is 28.2 Å². The molecule has 0 amide bonds. The number of phenols is 2. The number of phenolic OH excluding ortho intramolecular Hbond substituents is 2. The van der Waals surface area contributed by atoms with E-state index < -0.39 is 5.43 Å². The van der Waals surface area contributed by atoms with Crippen molar-refractivity contribution in [3.8, 4) is 34.3 Å². The Hall–Kier alpha value is -3.48. The van der Waals surface area contributed by atoms with Crippen molar-refractivity contribution >= 4 is 16.9 Å². The van der Waals surface area contributed by atoms with Crippen LogP contribution in [0, 0.1) is 5.92 Å². The van der Waals surface area contributed by atoms with Crippen LogP contribution >= 0.6 is 0 Å². The van der Waals surface area contributed by atoms with Gasteiger partial charge in [-0.2, -0.15) is 0 Å². The van der Waals surface area contributed by atoms with Crippen LogP contribution < -0.4 is 14.9 Å². The highest BCUT2D eigenvalue weighted by Crippen LogP contribution is 2.49. The summed E-state index contributed by atoms with van der Waals surface area (Å²) in [6.07, 6.45) is 5.59. The molecule has 2 heterocycles. The van der Waals surface area contributed by atoms with E-state index in [1.807, 2.05) is 0 Å². The van der Waals surface area contributed by atoms with Gasteiger partial charge in [0.15, 0.2) is 16.9 Å². The Kier molecular flexibility index (Phi) is 5.04. The number of benzene rings is 2. The maximum absolute atomic E-state index is 13.0. The average molecular weight is 436 g/mol. The lowest BCUT2D eigenvalue weighted by Gasteiger charge is -2.33. The summed E-state index contributed by atoms with van der Waals surface area (Å²) in [6.45, 7) is 0. The number of fused-ring (bicyclic) bond motifs is 3. The van der Waals surface area contributed by atoms with E-state index in [0.29, 0.717) is 16.9 Å². The number of carbonyl (C=O) groups excluding carboxylic acids is 1.